The molecule has 1 heterocycles. The van der Waals surface area contributed by atoms with Crippen LogP contribution >= 0.6 is 15.9 Å². The van der Waals surface area contributed by atoms with Gasteiger partial charge in [-0.25, -0.2) is 9.78 Å². The predicted molar refractivity (Wildman–Crippen MR) is 78.0 cm³/mol. The molecule has 0 aliphatic rings. The van der Waals surface area contributed by atoms with Crippen LogP contribution in [0, 0.1) is 6.92 Å². The number of aromatic carboxylic acids is 1. The average Bonchev–Trinajstić information content (AvgIpc) is 2.40. The van der Waals surface area contributed by atoms with Crippen LogP contribution < -0.4 is 5.32 Å². The van der Waals surface area contributed by atoms with E-state index >= 15 is 0 Å². The van der Waals surface area contributed by atoms with Crippen molar-refractivity contribution in [3.05, 3.63) is 57.8 Å². The Morgan fingerprint density at radius 3 is 2.70 bits per heavy atom. The summed E-state index contributed by atoms with van der Waals surface area (Å²) in [5.41, 5.74) is 1.59. The number of halogens is 1. The van der Waals surface area contributed by atoms with Crippen molar-refractivity contribution in [1.82, 2.24) is 4.98 Å². The van der Waals surface area contributed by atoms with E-state index in [-0.39, 0.29) is 11.5 Å². The van der Waals surface area contributed by atoms with Crippen molar-refractivity contribution in [3.8, 4) is 0 Å². The van der Waals surface area contributed by atoms with Gasteiger partial charge in [-0.2, -0.15) is 0 Å². The molecule has 0 aliphatic carbocycles. The Bertz CT molecular complexity index is 686. The standard InChI is InChI=1S/C14H11BrN2O3/c1-8-10(14(19)20)3-2-4-11(8)17-13(18)9-5-6-16-12(15)7-9/h2-7H,1H3,(H,17,18)(H,19,20). The monoisotopic (exact) mass is 334 g/mol. The Morgan fingerprint density at radius 1 is 1.30 bits per heavy atom. The third-order valence-electron chi connectivity index (χ3n) is 2.80. The highest BCUT2D eigenvalue weighted by atomic mass is 79.9. The fraction of sp³-hybridized carbons (Fsp3) is 0.0714. The minimum Gasteiger partial charge on any atom is -0.478 e. The summed E-state index contributed by atoms with van der Waals surface area (Å²) in [6.45, 7) is 1.65. The molecule has 0 fully saturated rings. The maximum absolute atomic E-state index is 12.1. The van der Waals surface area contributed by atoms with Gasteiger partial charge >= 0.3 is 5.97 Å². The van der Waals surface area contributed by atoms with Crippen LogP contribution in [-0.4, -0.2) is 22.0 Å². The Kier molecular flexibility index (Phi) is 4.14. The molecule has 0 spiro atoms. The Balaban J connectivity index is 2.29. The number of carbonyl (C=O) groups is 2. The van der Waals surface area contributed by atoms with Gasteiger partial charge in [-0.1, -0.05) is 6.07 Å². The molecule has 20 heavy (non-hydrogen) atoms. The number of aromatic nitrogens is 1. The molecule has 1 aromatic heterocycles. The van der Waals surface area contributed by atoms with E-state index in [4.69, 9.17) is 5.11 Å². The highest BCUT2D eigenvalue weighted by molar-refractivity contribution is 9.10. The van der Waals surface area contributed by atoms with Gasteiger partial charge in [0.25, 0.3) is 5.91 Å². The summed E-state index contributed by atoms with van der Waals surface area (Å²) < 4.78 is 0.557. The van der Waals surface area contributed by atoms with Crippen LogP contribution in [0.1, 0.15) is 26.3 Å². The van der Waals surface area contributed by atoms with Gasteiger partial charge in [-0.3, -0.25) is 4.79 Å². The number of rotatable bonds is 3. The van der Waals surface area contributed by atoms with Gasteiger partial charge in [0.05, 0.1) is 5.56 Å². The van der Waals surface area contributed by atoms with E-state index in [1.54, 1.807) is 31.2 Å². The van der Waals surface area contributed by atoms with Crippen LogP contribution in [0.5, 0.6) is 0 Å². The molecule has 2 rings (SSSR count). The van der Waals surface area contributed by atoms with E-state index in [9.17, 15) is 9.59 Å². The summed E-state index contributed by atoms with van der Waals surface area (Å²) >= 11 is 3.19. The summed E-state index contributed by atoms with van der Waals surface area (Å²) in [6.07, 6.45) is 1.51. The second-order valence-corrected chi connectivity index (χ2v) is 4.92. The first-order chi connectivity index (χ1) is 9.49. The smallest absolute Gasteiger partial charge is 0.336 e. The van der Waals surface area contributed by atoms with E-state index in [0.29, 0.717) is 21.4 Å². The first-order valence-electron chi connectivity index (χ1n) is 5.75. The number of nitrogens with one attached hydrogen (secondary N) is 1. The second kappa shape index (κ2) is 5.83. The summed E-state index contributed by atoms with van der Waals surface area (Å²) in [5.74, 6) is -1.34. The number of pyridine rings is 1. The maximum atomic E-state index is 12.1. The van der Waals surface area contributed by atoms with Gasteiger partial charge < -0.3 is 10.4 Å². The van der Waals surface area contributed by atoms with Crippen molar-refractivity contribution in [3.63, 3.8) is 0 Å². The molecule has 0 saturated carbocycles. The molecule has 0 aliphatic heterocycles. The molecule has 2 N–H and O–H groups in total. The van der Waals surface area contributed by atoms with Gasteiger partial charge in [0.1, 0.15) is 4.60 Å². The molecule has 0 radical (unpaired) electrons. The molecular weight excluding hydrogens is 324 g/mol. The number of carboxylic acid groups (broad SMARTS) is 1. The maximum Gasteiger partial charge on any atom is 0.336 e. The third kappa shape index (κ3) is 3.03. The zero-order valence-corrected chi connectivity index (χ0v) is 12.1. The van der Waals surface area contributed by atoms with E-state index in [0.717, 1.165) is 0 Å². The van der Waals surface area contributed by atoms with E-state index < -0.39 is 5.97 Å². The van der Waals surface area contributed by atoms with Crippen molar-refractivity contribution < 1.29 is 14.7 Å². The van der Waals surface area contributed by atoms with Crippen LogP contribution in [0.25, 0.3) is 0 Å². The molecule has 6 heteroatoms. The fourth-order valence-electron chi connectivity index (χ4n) is 1.74. The lowest BCUT2D eigenvalue weighted by Gasteiger charge is -2.10. The van der Waals surface area contributed by atoms with Crippen LogP contribution in [0.2, 0.25) is 0 Å². The molecule has 0 bridgehead atoms. The van der Waals surface area contributed by atoms with Crippen molar-refractivity contribution in [1.29, 1.82) is 0 Å². The largest absolute Gasteiger partial charge is 0.478 e. The van der Waals surface area contributed by atoms with Crippen molar-refractivity contribution in [2.75, 3.05) is 5.32 Å². The lowest BCUT2D eigenvalue weighted by Crippen LogP contribution is -2.14. The lowest BCUT2D eigenvalue weighted by molar-refractivity contribution is 0.0695. The molecule has 5 nitrogen and oxygen atoms in total. The minimum atomic E-state index is -1.02. The molecular formula is C14H11BrN2O3. The summed E-state index contributed by atoms with van der Waals surface area (Å²) in [5, 5.41) is 11.7. The van der Waals surface area contributed by atoms with Crippen LogP contribution in [-0.2, 0) is 0 Å². The van der Waals surface area contributed by atoms with Gasteiger partial charge in [-0.05, 0) is 52.7 Å². The predicted octanol–water partition coefficient (Wildman–Crippen LogP) is 3.10. The van der Waals surface area contributed by atoms with E-state index in [1.165, 1.54) is 12.3 Å². The van der Waals surface area contributed by atoms with E-state index in [1.807, 2.05) is 0 Å². The topological polar surface area (TPSA) is 79.3 Å². The van der Waals surface area contributed by atoms with Gasteiger partial charge in [0.2, 0.25) is 0 Å². The van der Waals surface area contributed by atoms with E-state index in [2.05, 4.69) is 26.2 Å². The Morgan fingerprint density at radius 2 is 2.05 bits per heavy atom. The van der Waals surface area contributed by atoms with Crippen molar-refractivity contribution in [2.24, 2.45) is 0 Å². The normalized spacial score (nSPS) is 10.1. The number of carbonyl (C=O) groups excluding carboxylic acids is 1. The molecule has 0 atom stereocenters. The van der Waals surface area contributed by atoms with Crippen molar-refractivity contribution in [2.45, 2.75) is 6.92 Å². The van der Waals surface area contributed by atoms with Crippen molar-refractivity contribution >= 4 is 33.5 Å². The highest BCUT2D eigenvalue weighted by Crippen LogP contribution is 2.20. The number of amides is 1. The average molecular weight is 335 g/mol. The van der Waals surface area contributed by atoms with Crippen LogP contribution in [0.3, 0.4) is 0 Å². The zero-order valence-electron chi connectivity index (χ0n) is 10.6. The molecule has 0 unspecified atom stereocenters. The van der Waals surface area contributed by atoms with Crippen LogP contribution in [0.4, 0.5) is 5.69 Å². The second-order valence-electron chi connectivity index (χ2n) is 4.10. The van der Waals surface area contributed by atoms with Gasteiger partial charge in [0, 0.05) is 17.4 Å². The molecule has 1 amide bonds. The summed E-state index contributed by atoms with van der Waals surface area (Å²) in [4.78, 5) is 27.1. The highest BCUT2D eigenvalue weighted by Gasteiger charge is 2.13. The number of benzene rings is 1. The minimum absolute atomic E-state index is 0.165. The number of hydrogen-bond donors (Lipinski definition) is 2. The van der Waals surface area contributed by atoms with Gasteiger partial charge in [0.15, 0.2) is 0 Å². The number of carboxylic acids is 1. The molecule has 0 saturated heterocycles. The summed E-state index contributed by atoms with van der Waals surface area (Å²) in [7, 11) is 0. The first-order valence-corrected chi connectivity index (χ1v) is 6.54. The lowest BCUT2D eigenvalue weighted by atomic mass is 10.1. The Labute approximate surface area is 123 Å². The molecule has 1 aromatic carbocycles. The molecule has 2 aromatic rings. The van der Waals surface area contributed by atoms with Crippen LogP contribution in [0.15, 0.2) is 41.1 Å². The third-order valence-corrected chi connectivity index (χ3v) is 3.23. The fourth-order valence-corrected chi connectivity index (χ4v) is 2.11. The number of nitrogens with zero attached hydrogens (tertiary/aromatic N) is 1. The summed E-state index contributed by atoms with van der Waals surface area (Å²) in [6, 6.07) is 7.92. The zero-order chi connectivity index (χ0) is 14.7. The first kappa shape index (κ1) is 14.2. The number of hydrogen-bond acceptors (Lipinski definition) is 3. The quantitative estimate of drug-likeness (QED) is 0.845. The number of anilines is 1. The Hall–Kier alpha value is -2.21. The SMILES string of the molecule is Cc1c(NC(=O)c2ccnc(Br)c2)cccc1C(=O)O. The van der Waals surface area contributed by atoms with Gasteiger partial charge in [-0.15, -0.1) is 0 Å². The molecule has 102 valence electrons.